The maximum Gasteiger partial charge on any atom is 0.0945 e. The lowest BCUT2D eigenvalue weighted by atomic mass is 10.1. The average molecular weight is 346 g/mol. The molecule has 0 amide bonds. The van der Waals surface area contributed by atoms with E-state index in [0.29, 0.717) is 6.54 Å². The standard InChI is InChI=1S/C20H18N4S/c1-3-17-20-18(22-16-10-11-25-13-16)8-5-9-19(20)24(23-17)12-15-7-4-6-14(2)21-15/h3-11,13,22H,1,12H2,2H3. The Morgan fingerprint density at radius 2 is 2.08 bits per heavy atom. The Hall–Kier alpha value is -2.92. The van der Waals surface area contributed by atoms with Crippen molar-refractivity contribution in [1.82, 2.24) is 14.8 Å². The van der Waals surface area contributed by atoms with Crippen LogP contribution in [0.4, 0.5) is 11.4 Å². The van der Waals surface area contributed by atoms with Crippen LogP contribution < -0.4 is 5.32 Å². The Bertz CT molecular complexity index is 1030. The molecule has 0 fully saturated rings. The number of rotatable bonds is 5. The first-order valence-corrected chi connectivity index (χ1v) is 9.02. The molecule has 0 unspecified atom stereocenters. The molecular weight excluding hydrogens is 328 g/mol. The normalized spacial score (nSPS) is 10.9. The highest BCUT2D eigenvalue weighted by atomic mass is 32.1. The van der Waals surface area contributed by atoms with Gasteiger partial charge in [-0.2, -0.15) is 16.4 Å². The molecular formula is C20H18N4S. The van der Waals surface area contributed by atoms with Gasteiger partial charge < -0.3 is 5.32 Å². The van der Waals surface area contributed by atoms with Crippen LogP contribution in [0, 0.1) is 6.92 Å². The van der Waals surface area contributed by atoms with Gasteiger partial charge in [-0.15, -0.1) is 0 Å². The van der Waals surface area contributed by atoms with Crippen LogP contribution >= 0.6 is 11.3 Å². The van der Waals surface area contributed by atoms with Crippen molar-refractivity contribution in [2.24, 2.45) is 0 Å². The van der Waals surface area contributed by atoms with Crippen LogP contribution in [0.1, 0.15) is 17.1 Å². The van der Waals surface area contributed by atoms with Gasteiger partial charge in [-0.3, -0.25) is 9.67 Å². The summed E-state index contributed by atoms with van der Waals surface area (Å²) in [5.41, 5.74) is 6.07. The van der Waals surface area contributed by atoms with Gasteiger partial charge in [0.2, 0.25) is 0 Å². The monoisotopic (exact) mass is 346 g/mol. The van der Waals surface area contributed by atoms with Crippen LogP contribution in [-0.4, -0.2) is 14.8 Å². The first kappa shape index (κ1) is 15.6. The first-order chi connectivity index (χ1) is 12.2. The predicted octanol–water partition coefficient (Wildman–Crippen LogP) is 5.24. The van der Waals surface area contributed by atoms with Gasteiger partial charge >= 0.3 is 0 Å². The number of hydrogen-bond acceptors (Lipinski definition) is 4. The summed E-state index contributed by atoms with van der Waals surface area (Å²) in [5.74, 6) is 0. The van der Waals surface area contributed by atoms with Gasteiger partial charge in [0.15, 0.2) is 0 Å². The molecule has 5 heteroatoms. The molecule has 4 nitrogen and oxygen atoms in total. The number of pyridine rings is 1. The Kier molecular flexibility index (Phi) is 4.07. The molecule has 0 aliphatic carbocycles. The van der Waals surface area contributed by atoms with Crippen molar-refractivity contribution < 1.29 is 0 Å². The SMILES string of the molecule is C=Cc1nn(Cc2cccc(C)n2)c2cccc(Nc3ccsc3)c12. The van der Waals surface area contributed by atoms with E-state index >= 15 is 0 Å². The molecule has 0 aliphatic heterocycles. The molecule has 0 saturated heterocycles. The molecule has 1 aromatic carbocycles. The summed E-state index contributed by atoms with van der Waals surface area (Å²) in [5, 5.41) is 13.5. The smallest absolute Gasteiger partial charge is 0.0945 e. The molecule has 3 aromatic heterocycles. The van der Waals surface area contributed by atoms with E-state index in [0.717, 1.165) is 39.4 Å². The molecule has 4 aromatic rings. The average Bonchev–Trinajstić information content (AvgIpc) is 3.24. The van der Waals surface area contributed by atoms with E-state index in [1.807, 2.05) is 35.9 Å². The van der Waals surface area contributed by atoms with Gasteiger partial charge in [0, 0.05) is 16.8 Å². The Morgan fingerprint density at radius 1 is 1.20 bits per heavy atom. The van der Waals surface area contributed by atoms with E-state index in [2.05, 4.69) is 45.8 Å². The lowest BCUT2D eigenvalue weighted by Crippen LogP contribution is -2.04. The molecule has 0 saturated carbocycles. The number of hydrogen-bond donors (Lipinski definition) is 1. The summed E-state index contributed by atoms with van der Waals surface area (Å²) in [4.78, 5) is 4.59. The molecule has 1 N–H and O–H groups in total. The molecule has 0 aliphatic rings. The van der Waals surface area contributed by atoms with Gasteiger partial charge in [-0.25, -0.2) is 0 Å². The van der Waals surface area contributed by atoms with Gasteiger partial charge in [0.1, 0.15) is 0 Å². The molecule has 0 radical (unpaired) electrons. The van der Waals surface area contributed by atoms with E-state index in [9.17, 15) is 0 Å². The second kappa shape index (κ2) is 6.53. The van der Waals surface area contributed by atoms with Crippen molar-refractivity contribution in [1.29, 1.82) is 0 Å². The molecule has 0 bridgehead atoms. The molecule has 124 valence electrons. The second-order valence-corrected chi connectivity index (χ2v) is 6.63. The van der Waals surface area contributed by atoms with Gasteiger partial charge in [0.05, 0.1) is 34.5 Å². The first-order valence-electron chi connectivity index (χ1n) is 8.08. The van der Waals surface area contributed by atoms with Crippen LogP contribution in [0.2, 0.25) is 0 Å². The summed E-state index contributed by atoms with van der Waals surface area (Å²) in [6.07, 6.45) is 1.81. The summed E-state index contributed by atoms with van der Waals surface area (Å²) < 4.78 is 1.99. The highest BCUT2D eigenvalue weighted by Crippen LogP contribution is 2.31. The molecule has 25 heavy (non-hydrogen) atoms. The molecule has 3 heterocycles. The van der Waals surface area contributed by atoms with E-state index in [1.165, 1.54) is 0 Å². The highest BCUT2D eigenvalue weighted by molar-refractivity contribution is 7.08. The fourth-order valence-corrected chi connectivity index (χ4v) is 3.55. The number of aryl methyl sites for hydroxylation is 1. The van der Waals surface area contributed by atoms with Crippen molar-refractivity contribution in [3.63, 3.8) is 0 Å². The largest absolute Gasteiger partial charge is 0.354 e. The third-order valence-electron chi connectivity index (χ3n) is 4.06. The number of nitrogens with zero attached hydrogens (tertiary/aromatic N) is 3. The summed E-state index contributed by atoms with van der Waals surface area (Å²) in [7, 11) is 0. The zero-order chi connectivity index (χ0) is 17.2. The van der Waals surface area contributed by atoms with Crippen LogP contribution in [0.3, 0.4) is 0 Å². The van der Waals surface area contributed by atoms with Crippen molar-refractivity contribution in [2.45, 2.75) is 13.5 Å². The summed E-state index contributed by atoms with van der Waals surface area (Å²) in [6, 6.07) is 14.3. The fraction of sp³-hybridized carbons (Fsp3) is 0.100. The Balaban J connectivity index is 1.80. The van der Waals surface area contributed by atoms with Gasteiger partial charge in [-0.1, -0.05) is 18.7 Å². The van der Waals surface area contributed by atoms with Crippen LogP contribution in [0.15, 0.2) is 59.8 Å². The Morgan fingerprint density at radius 3 is 2.84 bits per heavy atom. The maximum absolute atomic E-state index is 4.74. The number of thiophene rings is 1. The highest BCUT2D eigenvalue weighted by Gasteiger charge is 2.13. The minimum absolute atomic E-state index is 0.633. The summed E-state index contributed by atoms with van der Waals surface area (Å²) in [6.45, 7) is 6.57. The van der Waals surface area contributed by atoms with E-state index < -0.39 is 0 Å². The van der Waals surface area contributed by atoms with Crippen LogP contribution in [-0.2, 0) is 6.54 Å². The topological polar surface area (TPSA) is 42.7 Å². The van der Waals surface area contributed by atoms with Gasteiger partial charge in [-0.05, 0) is 48.7 Å². The number of benzene rings is 1. The summed E-state index contributed by atoms with van der Waals surface area (Å²) >= 11 is 1.67. The van der Waals surface area contributed by atoms with Crippen LogP contribution in [0.5, 0.6) is 0 Å². The van der Waals surface area contributed by atoms with Crippen LogP contribution in [0.25, 0.3) is 17.0 Å². The lowest BCUT2D eigenvalue weighted by Gasteiger charge is -2.07. The number of nitrogens with one attached hydrogen (secondary N) is 1. The third-order valence-corrected chi connectivity index (χ3v) is 4.74. The zero-order valence-corrected chi connectivity index (χ0v) is 14.8. The molecule has 0 atom stereocenters. The molecule has 0 spiro atoms. The third kappa shape index (κ3) is 3.06. The van der Waals surface area contributed by atoms with E-state index in [4.69, 9.17) is 5.10 Å². The number of fused-ring (bicyclic) bond motifs is 1. The lowest BCUT2D eigenvalue weighted by molar-refractivity contribution is 0.692. The Labute approximate surface area is 150 Å². The predicted molar refractivity (Wildman–Crippen MR) is 106 cm³/mol. The van der Waals surface area contributed by atoms with E-state index in [-0.39, 0.29) is 0 Å². The maximum atomic E-state index is 4.74. The van der Waals surface area contributed by atoms with Gasteiger partial charge in [0.25, 0.3) is 0 Å². The fourth-order valence-electron chi connectivity index (χ4n) is 2.96. The quantitative estimate of drug-likeness (QED) is 0.537. The van der Waals surface area contributed by atoms with E-state index in [1.54, 1.807) is 17.4 Å². The van der Waals surface area contributed by atoms with Crippen molar-refractivity contribution >= 4 is 39.7 Å². The second-order valence-electron chi connectivity index (χ2n) is 5.85. The number of anilines is 2. The van der Waals surface area contributed by atoms with Crippen molar-refractivity contribution in [3.8, 4) is 0 Å². The molecule has 4 rings (SSSR count). The zero-order valence-electron chi connectivity index (χ0n) is 13.9. The minimum atomic E-state index is 0.633. The van der Waals surface area contributed by atoms with Crippen molar-refractivity contribution in [3.05, 3.63) is 76.9 Å². The minimum Gasteiger partial charge on any atom is -0.354 e. The van der Waals surface area contributed by atoms with Crippen molar-refractivity contribution in [2.75, 3.05) is 5.32 Å². The number of aromatic nitrogens is 3.